The molecule has 0 aliphatic carbocycles. The minimum Gasteiger partial charge on any atom is -0.444 e. The van der Waals surface area contributed by atoms with Crippen molar-refractivity contribution in [3.8, 4) is 0 Å². The van der Waals surface area contributed by atoms with Gasteiger partial charge in [-0.15, -0.1) is 5.10 Å². The number of halogens is 3. The lowest BCUT2D eigenvalue weighted by molar-refractivity contribution is -0.138. The number of rotatable bonds is 9. The molecular formula is C43H48F3N7O4S. The smallest absolute Gasteiger partial charge is 0.416 e. The molecule has 0 bridgehead atoms. The van der Waals surface area contributed by atoms with Crippen molar-refractivity contribution in [2.45, 2.75) is 71.3 Å². The highest BCUT2D eigenvalue weighted by Gasteiger charge is 2.37. The van der Waals surface area contributed by atoms with E-state index in [0.717, 1.165) is 17.2 Å². The maximum absolute atomic E-state index is 14.1. The van der Waals surface area contributed by atoms with Gasteiger partial charge in [-0.1, -0.05) is 72.8 Å². The van der Waals surface area contributed by atoms with Crippen LogP contribution in [0, 0.1) is 6.92 Å². The molecule has 1 atom stereocenters. The van der Waals surface area contributed by atoms with Gasteiger partial charge in [-0.2, -0.15) is 26.7 Å². The van der Waals surface area contributed by atoms with Crippen molar-refractivity contribution < 1.29 is 32.2 Å². The van der Waals surface area contributed by atoms with Crippen LogP contribution in [0.5, 0.6) is 0 Å². The van der Waals surface area contributed by atoms with E-state index in [-0.39, 0.29) is 37.9 Å². The van der Waals surface area contributed by atoms with Gasteiger partial charge in [0.25, 0.3) is 0 Å². The van der Waals surface area contributed by atoms with Gasteiger partial charge in [-0.25, -0.2) is 19.3 Å². The van der Waals surface area contributed by atoms with Crippen LogP contribution in [0.15, 0.2) is 89.9 Å². The molecule has 15 heteroatoms. The Hall–Kier alpha value is -5.41. The van der Waals surface area contributed by atoms with E-state index in [4.69, 9.17) is 24.5 Å². The first-order valence-electron chi connectivity index (χ1n) is 19.1. The van der Waals surface area contributed by atoms with E-state index in [1.54, 1.807) is 31.4 Å². The first-order chi connectivity index (χ1) is 27.3. The number of likely N-dealkylation sites (tertiary alicyclic amines) is 1. The Kier molecular flexibility index (Phi) is 12.8. The molecule has 7 rings (SSSR count). The normalized spacial score (nSPS) is 15.9. The molecule has 5 aromatic rings. The fraction of sp³-hybridized carbons (Fsp3) is 0.372. The SMILES string of the molecule is Cc1c(Cc2c(CNC(=O)[C@@H]3CCCN3C(=O)OC(C)(C)C)nc3c(N=C(c4ccccc4)c4ccccc4)cc(N4CCOCC4)nn23)cccc1C(F)(F)F.S. The Bertz CT molecular complexity index is 2230. The lowest BCUT2D eigenvalue weighted by Gasteiger charge is -2.28. The highest BCUT2D eigenvalue weighted by atomic mass is 32.1. The van der Waals surface area contributed by atoms with Gasteiger partial charge in [-0.3, -0.25) is 9.69 Å². The number of anilines is 1. The van der Waals surface area contributed by atoms with Crippen LogP contribution in [0.2, 0.25) is 0 Å². The van der Waals surface area contributed by atoms with Crippen molar-refractivity contribution in [3.05, 3.63) is 124 Å². The van der Waals surface area contributed by atoms with Crippen molar-refractivity contribution in [1.29, 1.82) is 0 Å². The second kappa shape index (κ2) is 17.6. The van der Waals surface area contributed by atoms with E-state index in [9.17, 15) is 22.8 Å². The summed E-state index contributed by atoms with van der Waals surface area (Å²) in [5.74, 6) is 0.214. The molecule has 4 heterocycles. The zero-order valence-electron chi connectivity index (χ0n) is 33.0. The van der Waals surface area contributed by atoms with Gasteiger partial charge in [0.2, 0.25) is 5.91 Å². The fourth-order valence-corrected chi connectivity index (χ4v) is 7.27. The number of aromatic nitrogens is 3. The van der Waals surface area contributed by atoms with Crippen LogP contribution in [0.3, 0.4) is 0 Å². The number of nitrogens with one attached hydrogen (secondary N) is 1. The van der Waals surface area contributed by atoms with E-state index in [0.29, 0.717) is 85.5 Å². The maximum atomic E-state index is 14.1. The molecule has 0 unspecified atom stereocenters. The number of benzene rings is 3. The first-order valence-corrected chi connectivity index (χ1v) is 19.1. The number of hydrogen-bond donors (Lipinski definition) is 1. The van der Waals surface area contributed by atoms with E-state index < -0.39 is 29.5 Å². The Labute approximate surface area is 342 Å². The standard InChI is InChI=1S/C43H46F3N7O4.H2S/c1-28-31(17-11-18-32(28)43(44,45)46)25-36-34(27-47-40(54)35-19-12-20-52(35)41(55)57-42(2,3)4)49-39-33(26-37(50-53(36)39)51-21-23-56-24-22-51)48-38(29-13-7-5-8-14-29)30-15-9-6-10-16-30;/h5-11,13-18,26,35H,12,19-25,27H2,1-4H3,(H,47,54);1H2/t35-;/m0./s1. The summed E-state index contributed by atoms with van der Waals surface area (Å²) in [6.45, 7) is 9.21. The summed E-state index contributed by atoms with van der Waals surface area (Å²) >= 11 is 0. The van der Waals surface area contributed by atoms with Crippen molar-refractivity contribution in [2.24, 2.45) is 4.99 Å². The molecule has 2 amide bonds. The molecule has 0 spiro atoms. The van der Waals surface area contributed by atoms with Gasteiger partial charge in [0.1, 0.15) is 17.3 Å². The summed E-state index contributed by atoms with van der Waals surface area (Å²) < 4.78 is 55.3. The van der Waals surface area contributed by atoms with Gasteiger partial charge in [0.15, 0.2) is 11.5 Å². The van der Waals surface area contributed by atoms with Crippen LogP contribution in [0.25, 0.3) is 5.65 Å². The van der Waals surface area contributed by atoms with Crippen molar-refractivity contribution in [3.63, 3.8) is 0 Å². The van der Waals surface area contributed by atoms with E-state index in [1.807, 2.05) is 66.7 Å². The van der Waals surface area contributed by atoms with Crippen molar-refractivity contribution >= 4 is 48.4 Å². The molecule has 2 aliphatic heterocycles. The number of carbonyl (C=O) groups excluding carboxylic acids is 2. The third-order valence-corrected chi connectivity index (χ3v) is 10.1. The molecule has 58 heavy (non-hydrogen) atoms. The van der Waals surface area contributed by atoms with Gasteiger partial charge in [-0.05, 0) is 57.7 Å². The van der Waals surface area contributed by atoms with E-state index >= 15 is 0 Å². The number of imidazole rings is 1. The topological polar surface area (TPSA) is 114 Å². The number of carbonyl (C=O) groups is 2. The summed E-state index contributed by atoms with van der Waals surface area (Å²) in [6, 6.07) is 24.8. The third-order valence-electron chi connectivity index (χ3n) is 10.1. The average Bonchev–Trinajstić information content (AvgIpc) is 3.82. The van der Waals surface area contributed by atoms with Gasteiger partial charge in [0.05, 0.1) is 42.4 Å². The molecule has 2 saturated heterocycles. The Morgan fingerprint density at radius 1 is 0.931 bits per heavy atom. The van der Waals surface area contributed by atoms with Crippen LogP contribution < -0.4 is 10.2 Å². The largest absolute Gasteiger partial charge is 0.444 e. The molecule has 11 nitrogen and oxygen atoms in total. The fourth-order valence-electron chi connectivity index (χ4n) is 7.27. The minimum absolute atomic E-state index is 0. The maximum Gasteiger partial charge on any atom is 0.416 e. The molecular weight excluding hydrogens is 768 g/mol. The quantitative estimate of drug-likeness (QED) is 0.151. The van der Waals surface area contributed by atoms with Crippen molar-refractivity contribution in [2.75, 3.05) is 37.7 Å². The zero-order valence-corrected chi connectivity index (χ0v) is 34.0. The number of aliphatic imine (C=N–C) groups is 1. The minimum atomic E-state index is -4.55. The Balaban J connectivity index is 0.00000567. The van der Waals surface area contributed by atoms with E-state index in [2.05, 4.69) is 10.2 Å². The molecule has 2 fully saturated rings. The van der Waals surface area contributed by atoms with E-state index in [1.165, 1.54) is 17.9 Å². The number of amides is 2. The molecule has 3 aromatic carbocycles. The van der Waals surface area contributed by atoms with Gasteiger partial charge in [0, 0.05) is 43.2 Å². The summed E-state index contributed by atoms with van der Waals surface area (Å²) in [6.07, 6.45) is -4.00. The van der Waals surface area contributed by atoms with Crippen LogP contribution in [0.1, 0.15) is 72.8 Å². The van der Waals surface area contributed by atoms with Crippen LogP contribution in [-0.2, 0) is 33.4 Å². The summed E-state index contributed by atoms with van der Waals surface area (Å²) in [4.78, 5) is 40.7. The number of ether oxygens (including phenoxy) is 2. The number of morpholine rings is 1. The number of fused-ring (bicyclic) bond motifs is 1. The predicted molar refractivity (Wildman–Crippen MR) is 221 cm³/mol. The lowest BCUT2D eigenvalue weighted by atomic mass is 9.98. The summed E-state index contributed by atoms with van der Waals surface area (Å²) in [5.41, 5.74) is 3.26. The molecule has 2 aromatic heterocycles. The zero-order chi connectivity index (χ0) is 40.3. The van der Waals surface area contributed by atoms with Crippen LogP contribution >= 0.6 is 13.5 Å². The predicted octanol–water partition coefficient (Wildman–Crippen LogP) is 7.78. The third kappa shape index (κ3) is 9.47. The van der Waals surface area contributed by atoms with Crippen LogP contribution in [-0.4, -0.2) is 81.7 Å². The number of alkyl halides is 3. The highest BCUT2D eigenvalue weighted by molar-refractivity contribution is 7.59. The van der Waals surface area contributed by atoms with Gasteiger partial charge < -0.3 is 19.7 Å². The molecule has 306 valence electrons. The second-order valence-corrected chi connectivity index (χ2v) is 15.2. The lowest BCUT2D eigenvalue weighted by Crippen LogP contribution is -2.47. The Morgan fingerprint density at radius 2 is 1.59 bits per heavy atom. The number of hydrogen-bond acceptors (Lipinski definition) is 8. The molecule has 1 N–H and O–H groups in total. The average molecular weight is 816 g/mol. The monoisotopic (exact) mass is 815 g/mol. The second-order valence-electron chi connectivity index (χ2n) is 15.2. The summed E-state index contributed by atoms with van der Waals surface area (Å²) in [5, 5.41) is 8.04. The van der Waals surface area contributed by atoms with Crippen LogP contribution in [0.4, 0.5) is 29.5 Å². The molecule has 0 saturated carbocycles. The van der Waals surface area contributed by atoms with Crippen molar-refractivity contribution in [1.82, 2.24) is 24.8 Å². The van der Waals surface area contributed by atoms with Gasteiger partial charge >= 0.3 is 12.3 Å². The number of nitrogens with zero attached hydrogens (tertiary/aromatic N) is 6. The molecule has 2 aliphatic rings. The first kappa shape index (κ1) is 42.2. The highest BCUT2D eigenvalue weighted by Crippen LogP contribution is 2.35. The summed E-state index contributed by atoms with van der Waals surface area (Å²) in [7, 11) is 0. The Morgan fingerprint density at radius 3 is 2.21 bits per heavy atom. The molecule has 0 radical (unpaired) electrons.